The molecule has 9 nitrogen and oxygen atoms in total. The summed E-state index contributed by atoms with van der Waals surface area (Å²) < 4.78 is 3.43. The molecule has 0 bridgehead atoms. The number of hydrogen-bond donors (Lipinski definition) is 2. The molecule has 0 aliphatic heterocycles. The van der Waals surface area contributed by atoms with Crippen molar-refractivity contribution in [1.82, 2.24) is 29.7 Å². The lowest BCUT2D eigenvalue weighted by atomic mass is 9.92. The van der Waals surface area contributed by atoms with E-state index in [4.69, 9.17) is 0 Å². The molecule has 36 heavy (non-hydrogen) atoms. The largest absolute Gasteiger partial charge is 0.352 e. The van der Waals surface area contributed by atoms with E-state index in [9.17, 15) is 9.59 Å². The van der Waals surface area contributed by atoms with E-state index < -0.39 is 0 Å². The van der Waals surface area contributed by atoms with Crippen molar-refractivity contribution < 1.29 is 9.59 Å². The Morgan fingerprint density at radius 3 is 2.53 bits per heavy atom. The molecule has 188 valence electrons. The third kappa shape index (κ3) is 4.86. The summed E-state index contributed by atoms with van der Waals surface area (Å²) in [6.07, 6.45) is 3.40. The van der Waals surface area contributed by atoms with Gasteiger partial charge < -0.3 is 10.6 Å². The fraction of sp³-hybridized carbons (Fsp3) is 0.370. The maximum absolute atomic E-state index is 13.2. The lowest BCUT2D eigenvalue weighted by Crippen LogP contribution is -2.22. The van der Waals surface area contributed by atoms with Gasteiger partial charge in [-0.2, -0.15) is 10.2 Å². The van der Waals surface area contributed by atoms with E-state index in [-0.39, 0.29) is 23.5 Å². The molecule has 0 aliphatic rings. The summed E-state index contributed by atoms with van der Waals surface area (Å²) in [5, 5.41) is 15.1. The number of Topliss-reactive ketones (excluding diaryl/α,β-unsaturated/α-hetero) is 1. The molecule has 3 heterocycles. The second-order valence-corrected chi connectivity index (χ2v) is 10.1. The number of rotatable bonds is 7. The van der Waals surface area contributed by atoms with Gasteiger partial charge in [0.05, 0.1) is 17.7 Å². The fourth-order valence-corrected chi connectivity index (χ4v) is 4.10. The minimum atomic E-state index is -0.153. The molecule has 3 aromatic heterocycles. The third-order valence-corrected chi connectivity index (χ3v) is 6.31. The molecule has 4 rings (SSSR count). The number of amides is 1. The molecular formula is C27H33N7O2. The Morgan fingerprint density at radius 2 is 1.86 bits per heavy atom. The Morgan fingerprint density at radius 1 is 1.11 bits per heavy atom. The Labute approximate surface area is 210 Å². The molecule has 0 spiro atoms. The highest BCUT2D eigenvalue weighted by molar-refractivity contribution is 6.00. The first kappa shape index (κ1) is 25.1. The number of fused-ring (bicyclic) bond motifs is 1. The maximum Gasteiger partial charge on any atom is 0.253 e. The zero-order chi connectivity index (χ0) is 26.2. The molecule has 0 radical (unpaired) electrons. The van der Waals surface area contributed by atoms with Crippen LogP contribution in [0.15, 0.2) is 36.8 Å². The summed E-state index contributed by atoms with van der Waals surface area (Å²) in [4.78, 5) is 30.1. The number of benzene rings is 1. The molecule has 4 aromatic rings. The monoisotopic (exact) mass is 487 g/mol. The van der Waals surface area contributed by atoms with E-state index >= 15 is 0 Å². The number of carbonyl (C=O) groups is 2. The molecular weight excluding hydrogens is 454 g/mol. The van der Waals surface area contributed by atoms with Gasteiger partial charge >= 0.3 is 0 Å². The van der Waals surface area contributed by atoms with Crippen molar-refractivity contribution in [2.24, 2.45) is 7.05 Å². The summed E-state index contributed by atoms with van der Waals surface area (Å²) in [5.74, 6) is 0.416. The maximum atomic E-state index is 13.2. The number of aryl methyl sites for hydroxylation is 3. The molecule has 0 aliphatic carbocycles. The first-order valence-electron chi connectivity index (χ1n) is 12.0. The number of anilines is 2. The number of nitrogens with one attached hydrogen (secondary N) is 2. The van der Waals surface area contributed by atoms with Crippen LogP contribution in [-0.2, 0) is 18.9 Å². The highest BCUT2D eigenvalue weighted by atomic mass is 16.1. The molecule has 0 saturated heterocycles. The number of hydrogen-bond acceptors (Lipinski definition) is 6. The minimum Gasteiger partial charge on any atom is -0.352 e. The predicted octanol–water partition coefficient (Wildman–Crippen LogP) is 4.30. The third-order valence-electron chi connectivity index (χ3n) is 6.31. The van der Waals surface area contributed by atoms with Gasteiger partial charge in [0.2, 0.25) is 0 Å². The average molecular weight is 488 g/mol. The van der Waals surface area contributed by atoms with Crippen LogP contribution in [-0.4, -0.2) is 42.6 Å². The number of ketones is 1. The zero-order valence-electron chi connectivity index (χ0n) is 21.9. The number of aromatic nitrogens is 5. The minimum absolute atomic E-state index is 0.00623. The van der Waals surface area contributed by atoms with E-state index in [0.717, 1.165) is 28.2 Å². The van der Waals surface area contributed by atoms with E-state index in [1.54, 1.807) is 15.4 Å². The Kier molecular flexibility index (Phi) is 6.67. The van der Waals surface area contributed by atoms with E-state index in [1.165, 1.54) is 6.33 Å². The summed E-state index contributed by atoms with van der Waals surface area (Å²) in [6.45, 7) is 12.6. The summed E-state index contributed by atoms with van der Waals surface area (Å²) in [7, 11) is 1.87. The second kappa shape index (κ2) is 9.56. The van der Waals surface area contributed by atoms with Crippen LogP contribution in [0.1, 0.15) is 70.9 Å². The molecule has 0 atom stereocenters. The molecule has 0 unspecified atom stereocenters. The number of carbonyl (C=O) groups excluding carboxylic acids is 2. The standard InChI is InChI=1S/C27H33N7O2/c1-8-28-26(36)20-14-34-24(17(20)3)25(29-15-30-34)31-21-11-18(10-9-16(21)2)22(35)12-19-13-23(27(4,5)6)32-33(19)7/h9-11,13-15H,8,12H2,1-7H3,(H,28,36)(H,29,30,31). The summed E-state index contributed by atoms with van der Waals surface area (Å²) in [6, 6.07) is 7.61. The van der Waals surface area contributed by atoms with Crippen LogP contribution < -0.4 is 10.6 Å². The van der Waals surface area contributed by atoms with Gasteiger partial charge in [-0.3, -0.25) is 14.3 Å². The van der Waals surface area contributed by atoms with E-state index in [0.29, 0.717) is 29.0 Å². The van der Waals surface area contributed by atoms with Gasteiger partial charge in [-0.05, 0) is 44.0 Å². The van der Waals surface area contributed by atoms with Crippen molar-refractivity contribution in [3.05, 3.63) is 70.4 Å². The van der Waals surface area contributed by atoms with Crippen LogP contribution in [0.4, 0.5) is 11.5 Å². The van der Waals surface area contributed by atoms with Gasteiger partial charge in [0.25, 0.3) is 5.91 Å². The molecule has 0 saturated carbocycles. The zero-order valence-corrected chi connectivity index (χ0v) is 21.9. The number of nitrogens with zero attached hydrogens (tertiary/aromatic N) is 5. The predicted molar refractivity (Wildman–Crippen MR) is 140 cm³/mol. The highest BCUT2D eigenvalue weighted by Gasteiger charge is 2.21. The van der Waals surface area contributed by atoms with E-state index in [2.05, 4.69) is 46.6 Å². The van der Waals surface area contributed by atoms with Crippen LogP contribution in [0.25, 0.3) is 5.52 Å². The smallest absolute Gasteiger partial charge is 0.253 e. The van der Waals surface area contributed by atoms with Crippen molar-refractivity contribution in [1.29, 1.82) is 0 Å². The lowest BCUT2D eigenvalue weighted by molar-refractivity contribution is 0.0953. The van der Waals surface area contributed by atoms with Gasteiger partial charge in [-0.1, -0.05) is 32.9 Å². The van der Waals surface area contributed by atoms with Crippen molar-refractivity contribution in [3.63, 3.8) is 0 Å². The quantitative estimate of drug-likeness (QED) is 0.377. The Hall–Kier alpha value is -4.01. The summed E-state index contributed by atoms with van der Waals surface area (Å²) >= 11 is 0. The highest BCUT2D eigenvalue weighted by Crippen LogP contribution is 2.28. The molecule has 1 amide bonds. The van der Waals surface area contributed by atoms with Crippen molar-refractivity contribution in [2.45, 2.75) is 53.4 Å². The van der Waals surface area contributed by atoms with Gasteiger partial charge in [0.1, 0.15) is 11.8 Å². The van der Waals surface area contributed by atoms with Gasteiger partial charge in [0.15, 0.2) is 11.6 Å². The molecule has 0 fully saturated rings. The Balaban J connectivity index is 1.63. The molecule has 2 N–H and O–H groups in total. The van der Waals surface area contributed by atoms with Crippen molar-refractivity contribution in [3.8, 4) is 0 Å². The van der Waals surface area contributed by atoms with Crippen LogP contribution in [0.5, 0.6) is 0 Å². The van der Waals surface area contributed by atoms with Crippen LogP contribution >= 0.6 is 0 Å². The average Bonchev–Trinajstić information content (AvgIpc) is 3.36. The Bertz CT molecular complexity index is 1460. The molecule has 1 aromatic carbocycles. The van der Waals surface area contributed by atoms with Crippen molar-refractivity contribution >= 4 is 28.7 Å². The fourth-order valence-electron chi connectivity index (χ4n) is 4.10. The SMILES string of the molecule is CCNC(=O)c1cn2ncnc(Nc3cc(C(=O)Cc4cc(C(C)(C)C)nn4C)ccc3C)c2c1C. The topological polar surface area (TPSA) is 106 Å². The van der Waals surface area contributed by atoms with Crippen LogP contribution in [0.2, 0.25) is 0 Å². The summed E-state index contributed by atoms with van der Waals surface area (Å²) in [5.41, 5.74) is 6.11. The molecule has 9 heteroatoms. The van der Waals surface area contributed by atoms with Gasteiger partial charge in [-0.25, -0.2) is 9.50 Å². The first-order valence-corrected chi connectivity index (χ1v) is 12.0. The van der Waals surface area contributed by atoms with Gasteiger partial charge in [-0.15, -0.1) is 0 Å². The normalized spacial score (nSPS) is 11.6. The van der Waals surface area contributed by atoms with Crippen LogP contribution in [0.3, 0.4) is 0 Å². The second-order valence-electron chi connectivity index (χ2n) is 10.1. The first-order chi connectivity index (χ1) is 17.0. The van der Waals surface area contributed by atoms with Gasteiger partial charge in [0, 0.05) is 42.1 Å². The van der Waals surface area contributed by atoms with E-state index in [1.807, 2.05) is 52.1 Å². The van der Waals surface area contributed by atoms with Crippen LogP contribution in [0, 0.1) is 13.8 Å². The van der Waals surface area contributed by atoms with Crippen molar-refractivity contribution in [2.75, 3.05) is 11.9 Å². The lowest BCUT2D eigenvalue weighted by Gasteiger charge is -2.13.